The van der Waals surface area contributed by atoms with Crippen LogP contribution in [0.5, 0.6) is 0 Å². The SMILES string of the molecule is Fc1ccccc1C1CNCCC1C1CCCC1. The molecule has 2 unspecified atom stereocenters. The molecule has 18 heavy (non-hydrogen) atoms. The molecule has 1 heterocycles. The molecule has 1 aliphatic carbocycles. The van der Waals surface area contributed by atoms with Gasteiger partial charge in [0.05, 0.1) is 0 Å². The lowest BCUT2D eigenvalue weighted by Crippen LogP contribution is -2.38. The maximum absolute atomic E-state index is 14.0. The fourth-order valence-corrected chi connectivity index (χ4v) is 3.95. The molecule has 1 nitrogen and oxygen atoms in total. The van der Waals surface area contributed by atoms with Gasteiger partial charge in [-0.3, -0.25) is 0 Å². The van der Waals surface area contributed by atoms with Gasteiger partial charge in [0.25, 0.3) is 0 Å². The van der Waals surface area contributed by atoms with Crippen molar-refractivity contribution in [3.63, 3.8) is 0 Å². The highest BCUT2D eigenvalue weighted by atomic mass is 19.1. The van der Waals surface area contributed by atoms with Crippen molar-refractivity contribution in [3.05, 3.63) is 35.6 Å². The van der Waals surface area contributed by atoms with Crippen LogP contribution in [-0.2, 0) is 0 Å². The maximum Gasteiger partial charge on any atom is 0.126 e. The quantitative estimate of drug-likeness (QED) is 0.840. The van der Waals surface area contributed by atoms with Crippen LogP contribution in [-0.4, -0.2) is 13.1 Å². The van der Waals surface area contributed by atoms with E-state index in [1.807, 2.05) is 12.1 Å². The first-order valence-corrected chi connectivity index (χ1v) is 7.31. The first-order chi connectivity index (χ1) is 8.86. The molecular formula is C16H22FN. The number of benzene rings is 1. The molecule has 98 valence electrons. The Balaban J connectivity index is 1.85. The second kappa shape index (κ2) is 5.40. The topological polar surface area (TPSA) is 12.0 Å². The summed E-state index contributed by atoms with van der Waals surface area (Å²) >= 11 is 0. The highest BCUT2D eigenvalue weighted by Crippen LogP contribution is 2.42. The van der Waals surface area contributed by atoms with Crippen LogP contribution in [0.15, 0.2) is 24.3 Å². The molecular weight excluding hydrogens is 225 g/mol. The van der Waals surface area contributed by atoms with Gasteiger partial charge in [-0.2, -0.15) is 0 Å². The highest BCUT2D eigenvalue weighted by molar-refractivity contribution is 5.24. The van der Waals surface area contributed by atoms with E-state index in [0.717, 1.165) is 24.6 Å². The number of nitrogens with one attached hydrogen (secondary N) is 1. The Kier molecular flexibility index (Phi) is 3.64. The van der Waals surface area contributed by atoms with E-state index in [1.54, 1.807) is 12.1 Å². The Morgan fingerprint density at radius 2 is 1.83 bits per heavy atom. The van der Waals surface area contributed by atoms with Crippen molar-refractivity contribution in [3.8, 4) is 0 Å². The Hall–Kier alpha value is -0.890. The molecule has 0 aromatic heterocycles. The molecule has 2 aliphatic rings. The fourth-order valence-electron chi connectivity index (χ4n) is 3.95. The van der Waals surface area contributed by atoms with Gasteiger partial charge < -0.3 is 5.32 Å². The van der Waals surface area contributed by atoms with Crippen molar-refractivity contribution < 1.29 is 4.39 Å². The van der Waals surface area contributed by atoms with Crippen LogP contribution in [0.1, 0.15) is 43.6 Å². The van der Waals surface area contributed by atoms with Gasteiger partial charge in [0.1, 0.15) is 5.82 Å². The number of rotatable bonds is 2. The van der Waals surface area contributed by atoms with Gasteiger partial charge in [0, 0.05) is 12.5 Å². The van der Waals surface area contributed by atoms with Gasteiger partial charge in [-0.15, -0.1) is 0 Å². The van der Waals surface area contributed by atoms with Gasteiger partial charge in [-0.05, 0) is 36.4 Å². The van der Waals surface area contributed by atoms with Crippen LogP contribution >= 0.6 is 0 Å². The van der Waals surface area contributed by atoms with Crippen molar-refractivity contribution in [1.82, 2.24) is 5.32 Å². The lowest BCUT2D eigenvalue weighted by molar-refractivity contribution is 0.224. The van der Waals surface area contributed by atoms with Crippen molar-refractivity contribution in [2.45, 2.75) is 38.0 Å². The summed E-state index contributed by atoms with van der Waals surface area (Å²) < 4.78 is 14.0. The number of piperidine rings is 1. The van der Waals surface area contributed by atoms with Gasteiger partial charge in [-0.1, -0.05) is 43.9 Å². The summed E-state index contributed by atoms with van der Waals surface area (Å²) in [6.07, 6.45) is 6.67. The summed E-state index contributed by atoms with van der Waals surface area (Å²) in [6, 6.07) is 7.35. The zero-order valence-electron chi connectivity index (χ0n) is 10.9. The standard InChI is InChI=1S/C16H22FN/c17-16-8-4-3-7-14(16)15-11-18-10-9-13(15)12-5-1-2-6-12/h3-4,7-8,12-13,15,18H,1-2,5-6,9-11H2. The molecule has 1 aliphatic heterocycles. The summed E-state index contributed by atoms with van der Waals surface area (Å²) in [5.41, 5.74) is 0.932. The van der Waals surface area contributed by atoms with E-state index < -0.39 is 0 Å². The maximum atomic E-state index is 14.0. The van der Waals surface area contributed by atoms with E-state index >= 15 is 0 Å². The second-order valence-corrected chi connectivity index (χ2v) is 5.83. The zero-order chi connectivity index (χ0) is 12.4. The predicted octanol–water partition coefficient (Wildman–Crippen LogP) is 3.71. The lowest BCUT2D eigenvalue weighted by Gasteiger charge is -2.36. The molecule has 0 bridgehead atoms. The first kappa shape index (κ1) is 12.2. The van der Waals surface area contributed by atoms with Crippen molar-refractivity contribution >= 4 is 0 Å². The number of hydrogen-bond donors (Lipinski definition) is 1. The highest BCUT2D eigenvalue weighted by Gasteiger charge is 2.34. The fraction of sp³-hybridized carbons (Fsp3) is 0.625. The minimum atomic E-state index is -0.0193. The number of hydrogen-bond acceptors (Lipinski definition) is 1. The van der Waals surface area contributed by atoms with E-state index in [4.69, 9.17) is 0 Å². The third kappa shape index (κ3) is 2.31. The van der Waals surface area contributed by atoms with E-state index in [9.17, 15) is 4.39 Å². The van der Waals surface area contributed by atoms with E-state index in [0.29, 0.717) is 11.8 Å². The third-order valence-electron chi connectivity index (χ3n) is 4.85. The molecule has 1 saturated heterocycles. The summed E-state index contributed by atoms with van der Waals surface area (Å²) in [7, 11) is 0. The van der Waals surface area contributed by atoms with Crippen molar-refractivity contribution in [2.24, 2.45) is 11.8 Å². The Bertz CT molecular complexity index is 398. The van der Waals surface area contributed by atoms with Gasteiger partial charge in [-0.25, -0.2) is 4.39 Å². The minimum absolute atomic E-state index is 0.0193. The van der Waals surface area contributed by atoms with Crippen LogP contribution < -0.4 is 5.32 Å². The van der Waals surface area contributed by atoms with E-state index in [2.05, 4.69) is 5.32 Å². The molecule has 0 amide bonds. The van der Waals surface area contributed by atoms with Crippen LogP contribution in [0.2, 0.25) is 0 Å². The summed E-state index contributed by atoms with van der Waals surface area (Å²) in [4.78, 5) is 0. The monoisotopic (exact) mass is 247 g/mol. The molecule has 1 aromatic carbocycles. The second-order valence-electron chi connectivity index (χ2n) is 5.83. The normalized spacial score (nSPS) is 29.6. The van der Waals surface area contributed by atoms with Gasteiger partial charge in [0.2, 0.25) is 0 Å². The van der Waals surface area contributed by atoms with Crippen LogP contribution in [0.3, 0.4) is 0 Å². The minimum Gasteiger partial charge on any atom is -0.316 e. The van der Waals surface area contributed by atoms with Crippen LogP contribution in [0.4, 0.5) is 4.39 Å². The molecule has 1 N–H and O–H groups in total. The van der Waals surface area contributed by atoms with Crippen molar-refractivity contribution in [2.75, 3.05) is 13.1 Å². The molecule has 1 aromatic rings. The Morgan fingerprint density at radius 3 is 2.61 bits per heavy atom. The predicted molar refractivity (Wildman–Crippen MR) is 72.1 cm³/mol. The summed E-state index contributed by atoms with van der Waals surface area (Å²) in [6.45, 7) is 2.05. The van der Waals surface area contributed by atoms with Gasteiger partial charge >= 0.3 is 0 Å². The lowest BCUT2D eigenvalue weighted by atomic mass is 9.73. The summed E-state index contributed by atoms with van der Waals surface area (Å²) in [5.74, 6) is 1.87. The smallest absolute Gasteiger partial charge is 0.126 e. The largest absolute Gasteiger partial charge is 0.316 e. The average molecular weight is 247 g/mol. The number of halogens is 1. The molecule has 2 atom stereocenters. The van der Waals surface area contributed by atoms with E-state index in [1.165, 1.54) is 32.1 Å². The molecule has 0 radical (unpaired) electrons. The van der Waals surface area contributed by atoms with E-state index in [-0.39, 0.29) is 5.82 Å². The Morgan fingerprint density at radius 1 is 1.06 bits per heavy atom. The van der Waals surface area contributed by atoms with Gasteiger partial charge in [0.15, 0.2) is 0 Å². The van der Waals surface area contributed by atoms with Crippen LogP contribution in [0.25, 0.3) is 0 Å². The molecule has 2 heteroatoms. The first-order valence-electron chi connectivity index (χ1n) is 7.31. The average Bonchev–Trinajstić information content (AvgIpc) is 2.93. The molecule has 3 rings (SSSR count). The van der Waals surface area contributed by atoms with Crippen molar-refractivity contribution in [1.29, 1.82) is 0 Å². The molecule has 1 saturated carbocycles. The Labute approximate surface area is 109 Å². The zero-order valence-corrected chi connectivity index (χ0v) is 10.9. The molecule has 2 fully saturated rings. The van der Waals surface area contributed by atoms with Crippen LogP contribution in [0, 0.1) is 17.7 Å². The molecule has 0 spiro atoms. The summed E-state index contributed by atoms with van der Waals surface area (Å²) in [5, 5.41) is 3.45. The third-order valence-corrected chi connectivity index (χ3v) is 4.85.